The number of thiazole rings is 1. The molecule has 3 heterocycles. The number of nitrogens with one attached hydrogen (secondary N) is 1. The van der Waals surface area contributed by atoms with Gasteiger partial charge in [-0.25, -0.2) is 4.98 Å². The van der Waals surface area contributed by atoms with Crippen molar-refractivity contribution in [2.75, 3.05) is 40.3 Å². The van der Waals surface area contributed by atoms with E-state index >= 15 is 0 Å². The van der Waals surface area contributed by atoms with E-state index in [1.165, 1.54) is 19.4 Å². The van der Waals surface area contributed by atoms with Crippen LogP contribution in [0, 0.1) is 6.92 Å². The van der Waals surface area contributed by atoms with Crippen LogP contribution in [0.5, 0.6) is 0 Å². The third-order valence-corrected chi connectivity index (χ3v) is 5.41. The van der Waals surface area contributed by atoms with Gasteiger partial charge in [-0.15, -0.1) is 35.3 Å². The number of halogens is 1. The average Bonchev–Trinajstić information content (AvgIpc) is 3.16. The van der Waals surface area contributed by atoms with Gasteiger partial charge in [0.05, 0.1) is 30.0 Å². The van der Waals surface area contributed by atoms with Crippen molar-refractivity contribution in [2.45, 2.75) is 38.5 Å². The standard InChI is InChI=1S/C16H27N5OS.HI/c1-12-19-13(11-23-12)8-20(3)16(17-2)18-7-15-9-21-6-4-5-14(21)10-22-15;/h11,14-15H,4-10H2,1-3H3,(H,17,18);1H. The third-order valence-electron chi connectivity index (χ3n) is 4.59. The van der Waals surface area contributed by atoms with Crippen molar-refractivity contribution in [1.29, 1.82) is 0 Å². The molecular weight excluding hydrogens is 437 g/mol. The van der Waals surface area contributed by atoms with Crippen molar-refractivity contribution >= 4 is 41.3 Å². The Bertz CT molecular complexity index is 552. The van der Waals surface area contributed by atoms with Gasteiger partial charge in [0.1, 0.15) is 0 Å². The van der Waals surface area contributed by atoms with Crippen molar-refractivity contribution < 1.29 is 4.74 Å². The van der Waals surface area contributed by atoms with E-state index in [0.717, 1.165) is 42.9 Å². The number of aliphatic imine (C=N–C) groups is 1. The minimum absolute atomic E-state index is 0. The van der Waals surface area contributed by atoms with Crippen molar-refractivity contribution in [3.05, 3.63) is 16.1 Å². The molecule has 0 spiro atoms. The zero-order valence-corrected chi connectivity index (χ0v) is 17.8. The number of fused-ring (bicyclic) bond motifs is 1. The molecule has 0 bridgehead atoms. The maximum Gasteiger partial charge on any atom is 0.193 e. The van der Waals surface area contributed by atoms with Crippen LogP contribution in [-0.4, -0.2) is 73.2 Å². The van der Waals surface area contributed by atoms with Crippen LogP contribution in [0.25, 0.3) is 0 Å². The number of aromatic nitrogens is 1. The van der Waals surface area contributed by atoms with Crippen LogP contribution in [0.4, 0.5) is 0 Å². The minimum Gasteiger partial charge on any atom is -0.373 e. The van der Waals surface area contributed by atoms with E-state index in [4.69, 9.17) is 4.74 Å². The lowest BCUT2D eigenvalue weighted by atomic mass is 10.2. The van der Waals surface area contributed by atoms with Crippen LogP contribution in [0.1, 0.15) is 23.5 Å². The van der Waals surface area contributed by atoms with Crippen molar-refractivity contribution in [2.24, 2.45) is 4.99 Å². The Morgan fingerprint density at radius 1 is 1.58 bits per heavy atom. The molecule has 0 radical (unpaired) electrons. The van der Waals surface area contributed by atoms with Crippen LogP contribution in [0.2, 0.25) is 0 Å². The van der Waals surface area contributed by atoms with Gasteiger partial charge < -0.3 is 15.0 Å². The Kier molecular flexibility index (Phi) is 7.70. The number of hydrogen-bond donors (Lipinski definition) is 1. The molecule has 0 aromatic carbocycles. The summed E-state index contributed by atoms with van der Waals surface area (Å²) in [6, 6.07) is 0.654. The first-order valence-electron chi connectivity index (χ1n) is 8.34. The number of hydrogen-bond acceptors (Lipinski definition) is 5. The van der Waals surface area contributed by atoms with E-state index in [1.54, 1.807) is 11.3 Å². The van der Waals surface area contributed by atoms with E-state index in [-0.39, 0.29) is 30.1 Å². The molecule has 6 nitrogen and oxygen atoms in total. The maximum absolute atomic E-state index is 6.00. The molecule has 3 rings (SSSR count). The van der Waals surface area contributed by atoms with E-state index in [9.17, 15) is 0 Å². The minimum atomic E-state index is 0. The highest BCUT2D eigenvalue weighted by atomic mass is 127. The molecule has 2 aliphatic heterocycles. The smallest absolute Gasteiger partial charge is 0.193 e. The first-order valence-corrected chi connectivity index (χ1v) is 9.22. The summed E-state index contributed by atoms with van der Waals surface area (Å²) in [6.45, 7) is 6.73. The average molecular weight is 465 g/mol. The molecule has 2 atom stereocenters. The number of morpholine rings is 1. The second-order valence-corrected chi connectivity index (χ2v) is 7.45. The molecule has 24 heavy (non-hydrogen) atoms. The fourth-order valence-electron chi connectivity index (χ4n) is 3.40. The highest BCUT2D eigenvalue weighted by Crippen LogP contribution is 2.22. The normalized spacial score (nSPS) is 24.4. The molecule has 1 N–H and O–H groups in total. The Morgan fingerprint density at radius 2 is 2.42 bits per heavy atom. The van der Waals surface area contributed by atoms with E-state index in [0.29, 0.717) is 6.04 Å². The highest BCUT2D eigenvalue weighted by Gasteiger charge is 2.32. The summed E-state index contributed by atoms with van der Waals surface area (Å²) < 4.78 is 6.00. The second kappa shape index (κ2) is 9.30. The van der Waals surface area contributed by atoms with Gasteiger partial charge in [-0.3, -0.25) is 9.89 Å². The molecule has 1 aromatic rings. The monoisotopic (exact) mass is 465 g/mol. The van der Waals surface area contributed by atoms with Crippen molar-refractivity contribution in [3.63, 3.8) is 0 Å². The number of nitrogens with zero attached hydrogens (tertiary/aromatic N) is 4. The molecule has 2 fully saturated rings. The van der Waals surface area contributed by atoms with Crippen LogP contribution < -0.4 is 5.32 Å². The van der Waals surface area contributed by atoms with Crippen LogP contribution >= 0.6 is 35.3 Å². The largest absolute Gasteiger partial charge is 0.373 e. The third kappa shape index (κ3) is 5.03. The first-order chi connectivity index (χ1) is 11.2. The van der Waals surface area contributed by atoms with Gasteiger partial charge in [-0.2, -0.15) is 0 Å². The van der Waals surface area contributed by atoms with Gasteiger partial charge in [-0.05, 0) is 26.3 Å². The summed E-state index contributed by atoms with van der Waals surface area (Å²) in [5.41, 5.74) is 1.09. The molecular formula is C16H28IN5OS. The highest BCUT2D eigenvalue weighted by molar-refractivity contribution is 14.0. The first kappa shape index (κ1) is 19.9. The fraction of sp³-hybridized carbons (Fsp3) is 0.750. The second-order valence-electron chi connectivity index (χ2n) is 6.39. The van der Waals surface area contributed by atoms with E-state index in [2.05, 4.69) is 30.5 Å². The molecule has 1 aromatic heterocycles. The van der Waals surface area contributed by atoms with E-state index in [1.807, 2.05) is 21.0 Å². The van der Waals surface area contributed by atoms with Gasteiger partial charge in [0, 0.05) is 38.6 Å². The number of rotatable bonds is 4. The lowest BCUT2D eigenvalue weighted by Gasteiger charge is -2.35. The zero-order valence-electron chi connectivity index (χ0n) is 14.7. The van der Waals surface area contributed by atoms with Gasteiger partial charge in [0.15, 0.2) is 5.96 Å². The molecule has 2 unspecified atom stereocenters. The van der Waals surface area contributed by atoms with Gasteiger partial charge in [0.2, 0.25) is 0 Å². The lowest BCUT2D eigenvalue weighted by Crippen LogP contribution is -2.51. The predicted molar refractivity (Wildman–Crippen MR) is 109 cm³/mol. The quantitative estimate of drug-likeness (QED) is 0.419. The Morgan fingerprint density at radius 3 is 3.12 bits per heavy atom. The Balaban J connectivity index is 0.00000208. The topological polar surface area (TPSA) is 53.0 Å². The van der Waals surface area contributed by atoms with Gasteiger partial charge >= 0.3 is 0 Å². The summed E-state index contributed by atoms with van der Waals surface area (Å²) in [7, 11) is 3.87. The SMILES string of the molecule is CN=C(NCC1CN2CCCC2CO1)N(C)Cc1csc(C)n1.I. The van der Waals surface area contributed by atoms with Crippen LogP contribution in [0.15, 0.2) is 10.4 Å². The molecule has 8 heteroatoms. The molecule has 2 saturated heterocycles. The number of aryl methyl sites for hydroxylation is 1. The summed E-state index contributed by atoms with van der Waals surface area (Å²) in [5, 5.41) is 6.66. The summed E-state index contributed by atoms with van der Waals surface area (Å²) in [6.07, 6.45) is 2.85. The molecule has 0 saturated carbocycles. The van der Waals surface area contributed by atoms with Crippen LogP contribution in [-0.2, 0) is 11.3 Å². The molecule has 0 amide bonds. The molecule has 0 aliphatic carbocycles. The van der Waals surface area contributed by atoms with Crippen molar-refractivity contribution in [3.8, 4) is 0 Å². The fourth-order valence-corrected chi connectivity index (χ4v) is 4.00. The van der Waals surface area contributed by atoms with Crippen molar-refractivity contribution in [1.82, 2.24) is 20.1 Å². The predicted octanol–water partition coefficient (Wildman–Crippen LogP) is 1.94. The van der Waals surface area contributed by atoms with Gasteiger partial charge in [-0.1, -0.05) is 0 Å². The van der Waals surface area contributed by atoms with Crippen LogP contribution in [0.3, 0.4) is 0 Å². The maximum atomic E-state index is 6.00. The summed E-state index contributed by atoms with van der Waals surface area (Å²) >= 11 is 1.69. The Labute approximate surface area is 165 Å². The Hall–Kier alpha value is -0.450. The number of guanidine groups is 1. The van der Waals surface area contributed by atoms with E-state index < -0.39 is 0 Å². The van der Waals surface area contributed by atoms with Gasteiger partial charge in [0.25, 0.3) is 0 Å². The lowest BCUT2D eigenvalue weighted by molar-refractivity contribution is -0.0454. The molecule has 136 valence electrons. The number of ether oxygens (including phenoxy) is 1. The molecule has 2 aliphatic rings. The summed E-state index contributed by atoms with van der Waals surface area (Å²) in [4.78, 5) is 13.6. The zero-order chi connectivity index (χ0) is 16.2. The summed E-state index contributed by atoms with van der Waals surface area (Å²) in [5.74, 6) is 0.891.